The standard InChI is InChI=1S/C15H13NO/c1-11-6-2-4-8-13(11)16-14-9-5-3-7-12(14)10-15(16)17/h2-9H,10H2,1H3. The molecule has 84 valence electrons. The molecule has 3 rings (SSSR count). The summed E-state index contributed by atoms with van der Waals surface area (Å²) < 4.78 is 0. The zero-order valence-corrected chi connectivity index (χ0v) is 9.68. The number of carbonyl (C=O) groups excluding carboxylic acids is 1. The molecule has 0 radical (unpaired) electrons. The molecule has 0 saturated carbocycles. The SMILES string of the molecule is Cc1ccccc1N1C(=O)Cc2ccccc21. The van der Waals surface area contributed by atoms with Crippen LogP contribution in [-0.4, -0.2) is 5.91 Å². The fraction of sp³-hybridized carbons (Fsp3) is 0.133. The average molecular weight is 223 g/mol. The van der Waals surface area contributed by atoms with Crippen LogP contribution in [0.25, 0.3) is 0 Å². The molecule has 17 heavy (non-hydrogen) atoms. The lowest BCUT2D eigenvalue weighted by atomic mass is 10.1. The molecule has 2 aromatic carbocycles. The van der Waals surface area contributed by atoms with E-state index in [0.717, 1.165) is 22.5 Å². The van der Waals surface area contributed by atoms with Gasteiger partial charge < -0.3 is 0 Å². The third kappa shape index (κ3) is 1.53. The number of aryl methyl sites for hydroxylation is 1. The van der Waals surface area contributed by atoms with Gasteiger partial charge in [-0.25, -0.2) is 0 Å². The van der Waals surface area contributed by atoms with Crippen molar-refractivity contribution in [2.45, 2.75) is 13.3 Å². The van der Waals surface area contributed by atoms with Crippen LogP contribution in [0.1, 0.15) is 11.1 Å². The van der Waals surface area contributed by atoms with E-state index in [4.69, 9.17) is 0 Å². The Kier molecular flexibility index (Phi) is 2.22. The number of benzene rings is 2. The quantitative estimate of drug-likeness (QED) is 0.727. The number of hydrogen-bond donors (Lipinski definition) is 0. The van der Waals surface area contributed by atoms with Crippen LogP contribution in [0.5, 0.6) is 0 Å². The first-order valence-corrected chi connectivity index (χ1v) is 5.74. The Morgan fingerprint density at radius 2 is 1.59 bits per heavy atom. The third-order valence-corrected chi connectivity index (χ3v) is 3.18. The van der Waals surface area contributed by atoms with Crippen LogP contribution >= 0.6 is 0 Å². The summed E-state index contributed by atoms with van der Waals surface area (Å²) in [7, 11) is 0. The van der Waals surface area contributed by atoms with E-state index < -0.39 is 0 Å². The first-order valence-electron chi connectivity index (χ1n) is 5.74. The Morgan fingerprint density at radius 3 is 2.35 bits per heavy atom. The van der Waals surface area contributed by atoms with Crippen molar-refractivity contribution in [3.05, 3.63) is 59.7 Å². The van der Waals surface area contributed by atoms with E-state index in [2.05, 4.69) is 0 Å². The van der Waals surface area contributed by atoms with Gasteiger partial charge in [-0.1, -0.05) is 36.4 Å². The maximum atomic E-state index is 12.1. The molecular weight excluding hydrogens is 210 g/mol. The van der Waals surface area contributed by atoms with Gasteiger partial charge in [-0.15, -0.1) is 0 Å². The lowest BCUT2D eigenvalue weighted by Crippen LogP contribution is -2.21. The third-order valence-electron chi connectivity index (χ3n) is 3.18. The number of amides is 1. The number of hydrogen-bond acceptors (Lipinski definition) is 1. The van der Waals surface area contributed by atoms with E-state index in [0.29, 0.717) is 6.42 Å². The highest BCUT2D eigenvalue weighted by Crippen LogP contribution is 2.36. The monoisotopic (exact) mass is 223 g/mol. The Hall–Kier alpha value is -2.09. The predicted molar refractivity (Wildman–Crippen MR) is 68.5 cm³/mol. The Labute approximate surface area is 100 Å². The van der Waals surface area contributed by atoms with Crippen molar-refractivity contribution in [3.63, 3.8) is 0 Å². The molecule has 1 amide bonds. The lowest BCUT2D eigenvalue weighted by molar-refractivity contribution is -0.116. The molecule has 1 aliphatic rings. The van der Waals surface area contributed by atoms with Crippen molar-refractivity contribution < 1.29 is 4.79 Å². The van der Waals surface area contributed by atoms with Crippen molar-refractivity contribution in [1.29, 1.82) is 0 Å². The second kappa shape index (κ2) is 3.74. The largest absolute Gasteiger partial charge is 0.280 e. The Balaban J connectivity index is 2.16. The summed E-state index contributed by atoms with van der Waals surface area (Å²) in [5, 5.41) is 0. The van der Waals surface area contributed by atoms with E-state index in [1.165, 1.54) is 0 Å². The van der Waals surface area contributed by atoms with E-state index in [1.807, 2.05) is 60.4 Å². The molecule has 1 aliphatic heterocycles. The number of rotatable bonds is 1. The summed E-state index contributed by atoms with van der Waals surface area (Å²) in [6, 6.07) is 16.0. The maximum Gasteiger partial charge on any atom is 0.236 e. The van der Waals surface area contributed by atoms with Gasteiger partial charge in [0.05, 0.1) is 17.8 Å². The minimum absolute atomic E-state index is 0.153. The highest BCUT2D eigenvalue weighted by molar-refractivity contribution is 6.07. The fourth-order valence-corrected chi connectivity index (χ4v) is 2.33. The van der Waals surface area contributed by atoms with E-state index in [9.17, 15) is 4.79 Å². The molecule has 0 bridgehead atoms. The lowest BCUT2D eigenvalue weighted by Gasteiger charge is -2.19. The Bertz CT molecular complexity index is 589. The zero-order chi connectivity index (χ0) is 11.8. The minimum atomic E-state index is 0.153. The number of carbonyl (C=O) groups is 1. The van der Waals surface area contributed by atoms with Crippen molar-refractivity contribution in [2.24, 2.45) is 0 Å². The molecule has 2 nitrogen and oxygen atoms in total. The van der Waals surface area contributed by atoms with Crippen LogP contribution in [-0.2, 0) is 11.2 Å². The van der Waals surface area contributed by atoms with Gasteiger partial charge in [0.25, 0.3) is 0 Å². The summed E-state index contributed by atoms with van der Waals surface area (Å²) in [5.74, 6) is 0.153. The van der Waals surface area contributed by atoms with Crippen molar-refractivity contribution in [2.75, 3.05) is 4.90 Å². The fourth-order valence-electron chi connectivity index (χ4n) is 2.33. The highest BCUT2D eigenvalue weighted by atomic mass is 16.2. The first kappa shape index (κ1) is 10.1. The smallest absolute Gasteiger partial charge is 0.236 e. The molecule has 0 saturated heterocycles. The van der Waals surface area contributed by atoms with Crippen LogP contribution in [0.4, 0.5) is 11.4 Å². The summed E-state index contributed by atoms with van der Waals surface area (Å²) in [4.78, 5) is 13.9. The maximum absolute atomic E-state index is 12.1. The van der Waals surface area contributed by atoms with Crippen LogP contribution in [0.2, 0.25) is 0 Å². The van der Waals surface area contributed by atoms with Gasteiger partial charge in [0, 0.05) is 0 Å². The molecule has 0 fully saturated rings. The second-order valence-electron chi connectivity index (χ2n) is 4.32. The van der Waals surface area contributed by atoms with Gasteiger partial charge in [-0.3, -0.25) is 9.69 Å². The highest BCUT2D eigenvalue weighted by Gasteiger charge is 2.28. The molecule has 0 unspecified atom stereocenters. The van der Waals surface area contributed by atoms with E-state index >= 15 is 0 Å². The van der Waals surface area contributed by atoms with Gasteiger partial charge in [0.2, 0.25) is 5.91 Å². The molecule has 0 atom stereocenters. The normalized spacial score (nSPS) is 13.9. The van der Waals surface area contributed by atoms with Gasteiger partial charge in [-0.2, -0.15) is 0 Å². The van der Waals surface area contributed by atoms with Crippen molar-refractivity contribution >= 4 is 17.3 Å². The summed E-state index contributed by atoms with van der Waals surface area (Å²) in [6.07, 6.45) is 0.504. The minimum Gasteiger partial charge on any atom is -0.280 e. The van der Waals surface area contributed by atoms with Crippen LogP contribution < -0.4 is 4.90 Å². The van der Waals surface area contributed by atoms with E-state index in [1.54, 1.807) is 0 Å². The molecular formula is C15H13NO. The molecule has 0 N–H and O–H groups in total. The average Bonchev–Trinajstić information content (AvgIpc) is 2.66. The zero-order valence-electron chi connectivity index (χ0n) is 9.68. The number of nitrogens with zero attached hydrogens (tertiary/aromatic N) is 1. The summed E-state index contributed by atoms with van der Waals surface area (Å²) >= 11 is 0. The van der Waals surface area contributed by atoms with Crippen LogP contribution in [0, 0.1) is 6.92 Å². The Morgan fingerprint density at radius 1 is 0.941 bits per heavy atom. The van der Waals surface area contributed by atoms with Gasteiger partial charge in [-0.05, 0) is 30.2 Å². The molecule has 0 aliphatic carbocycles. The molecule has 0 spiro atoms. The number of fused-ring (bicyclic) bond motifs is 1. The first-order chi connectivity index (χ1) is 8.27. The van der Waals surface area contributed by atoms with Crippen molar-refractivity contribution in [1.82, 2.24) is 0 Å². The van der Waals surface area contributed by atoms with Crippen LogP contribution in [0.3, 0.4) is 0 Å². The molecule has 2 heteroatoms. The number of para-hydroxylation sites is 2. The van der Waals surface area contributed by atoms with Gasteiger partial charge in [0.1, 0.15) is 0 Å². The van der Waals surface area contributed by atoms with Crippen LogP contribution in [0.15, 0.2) is 48.5 Å². The molecule has 0 aromatic heterocycles. The van der Waals surface area contributed by atoms with Gasteiger partial charge in [0.15, 0.2) is 0 Å². The molecule has 1 heterocycles. The number of anilines is 2. The summed E-state index contributed by atoms with van der Waals surface area (Å²) in [6.45, 7) is 2.03. The second-order valence-corrected chi connectivity index (χ2v) is 4.32. The van der Waals surface area contributed by atoms with E-state index in [-0.39, 0.29) is 5.91 Å². The predicted octanol–water partition coefficient (Wildman–Crippen LogP) is 3.22. The topological polar surface area (TPSA) is 20.3 Å². The van der Waals surface area contributed by atoms with Gasteiger partial charge >= 0.3 is 0 Å². The molecule has 2 aromatic rings. The van der Waals surface area contributed by atoms with Crippen molar-refractivity contribution in [3.8, 4) is 0 Å². The summed E-state index contributed by atoms with van der Waals surface area (Å²) in [5.41, 5.74) is 4.24.